The second-order valence-corrected chi connectivity index (χ2v) is 6.88. The van der Waals surface area contributed by atoms with E-state index < -0.39 is 0 Å². The Hall–Kier alpha value is -1.51. The van der Waals surface area contributed by atoms with E-state index in [9.17, 15) is 0 Å². The Morgan fingerprint density at radius 1 is 1.10 bits per heavy atom. The fourth-order valence-electron chi connectivity index (χ4n) is 2.63. The van der Waals surface area contributed by atoms with Crippen molar-refractivity contribution >= 4 is 33.3 Å². The van der Waals surface area contributed by atoms with E-state index in [1.165, 1.54) is 5.56 Å². The van der Waals surface area contributed by atoms with E-state index in [1.807, 2.05) is 30.5 Å². The van der Waals surface area contributed by atoms with Crippen LogP contribution in [0.4, 0.5) is 0 Å². The zero-order valence-corrected chi connectivity index (χ0v) is 13.4. The molecule has 0 aliphatic rings. The smallest absolute Gasteiger partial charge is 0.142 e. The first-order valence-corrected chi connectivity index (χ1v) is 7.66. The summed E-state index contributed by atoms with van der Waals surface area (Å²) < 4.78 is 5.81. The van der Waals surface area contributed by atoms with Crippen molar-refractivity contribution in [2.75, 3.05) is 6.54 Å². The van der Waals surface area contributed by atoms with Gasteiger partial charge in [-0.05, 0) is 45.4 Å². The van der Waals surface area contributed by atoms with Crippen LogP contribution in [0.3, 0.4) is 0 Å². The number of hydrogen-bond acceptors (Lipinski definition) is 2. The van der Waals surface area contributed by atoms with Crippen molar-refractivity contribution in [3.8, 4) is 0 Å². The molecule has 0 aliphatic heterocycles. The van der Waals surface area contributed by atoms with Gasteiger partial charge in [-0.25, -0.2) is 0 Å². The largest absolute Gasteiger partial charge is 0.463 e. The van der Waals surface area contributed by atoms with Gasteiger partial charge in [0, 0.05) is 26.7 Å². The van der Waals surface area contributed by atoms with Crippen LogP contribution >= 0.6 is 11.6 Å². The molecule has 0 aliphatic carbocycles. The van der Waals surface area contributed by atoms with Gasteiger partial charge in [-0.1, -0.05) is 35.9 Å². The summed E-state index contributed by atoms with van der Waals surface area (Å²) in [4.78, 5) is 0. The number of rotatable bonds is 3. The minimum atomic E-state index is 0.129. The lowest BCUT2D eigenvalue weighted by molar-refractivity contribution is 0.429. The minimum absolute atomic E-state index is 0.129. The van der Waals surface area contributed by atoms with Crippen LogP contribution < -0.4 is 5.32 Å². The molecular weight excluding hydrogens is 282 g/mol. The molecule has 1 heterocycles. The van der Waals surface area contributed by atoms with Gasteiger partial charge in [0.25, 0.3) is 0 Å². The maximum absolute atomic E-state index is 6.41. The minimum Gasteiger partial charge on any atom is -0.463 e. The summed E-state index contributed by atoms with van der Waals surface area (Å²) in [7, 11) is 0. The Balaban J connectivity index is 1.99. The van der Waals surface area contributed by atoms with Crippen molar-refractivity contribution in [2.45, 2.75) is 32.7 Å². The summed E-state index contributed by atoms with van der Waals surface area (Å²) in [5.41, 5.74) is 2.26. The summed E-state index contributed by atoms with van der Waals surface area (Å²) in [5.74, 6) is 0. The number of benzene rings is 2. The van der Waals surface area contributed by atoms with Gasteiger partial charge < -0.3 is 9.73 Å². The average Bonchev–Trinajstić information content (AvgIpc) is 2.81. The fourth-order valence-corrected chi connectivity index (χ4v) is 2.90. The van der Waals surface area contributed by atoms with Crippen LogP contribution in [0.25, 0.3) is 21.7 Å². The molecule has 1 N–H and O–H groups in total. The third-order valence-electron chi connectivity index (χ3n) is 3.66. The standard InChI is InChI=1S/C18H20ClNO/c1-18(2,3)20-9-8-12-11-21-17-14-7-5-4-6-13(14)16(19)10-15(12)17/h4-7,10-11,20H,8-9H2,1-3H3. The number of halogens is 1. The Morgan fingerprint density at radius 3 is 2.52 bits per heavy atom. The first kappa shape index (κ1) is 14.4. The van der Waals surface area contributed by atoms with E-state index in [1.54, 1.807) is 0 Å². The number of hydrogen-bond donors (Lipinski definition) is 1. The molecule has 2 nitrogen and oxygen atoms in total. The summed E-state index contributed by atoms with van der Waals surface area (Å²) in [6.07, 6.45) is 2.79. The quantitative estimate of drug-likeness (QED) is 0.722. The summed E-state index contributed by atoms with van der Waals surface area (Å²) >= 11 is 6.41. The van der Waals surface area contributed by atoms with Gasteiger partial charge in [0.15, 0.2) is 0 Å². The van der Waals surface area contributed by atoms with Crippen molar-refractivity contribution in [1.82, 2.24) is 5.32 Å². The van der Waals surface area contributed by atoms with Crippen molar-refractivity contribution in [2.24, 2.45) is 0 Å². The molecule has 0 saturated carbocycles. The van der Waals surface area contributed by atoms with Crippen LogP contribution in [-0.4, -0.2) is 12.1 Å². The summed E-state index contributed by atoms with van der Waals surface area (Å²) in [6.45, 7) is 7.43. The molecule has 0 fully saturated rings. The highest BCUT2D eigenvalue weighted by Crippen LogP contribution is 2.34. The first-order valence-electron chi connectivity index (χ1n) is 7.28. The fraction of sp³-hybridized carbons (Fsp3) is 0.333. The number of furan rings is 1. The van der Waals surface area contributed by atoms with E-state index >= 15 is 0 Å². The molecule has 3 heteroatoms. The number of nitrogens with one attached hydrogen (secondary N) is 1. The molecule has 1 aromatic heterocycles. The molecule has 0 spiro atoms. The van der Waals surface area contributed by atoms with Crippen LogP contribution in [0.15, 0.2) is 41.0 Å². The molecule has 0 bridgehead atoms. The molecule has 21 heavy (non-hydrogen) atoms. The molecule has 3 aromatic rings. The van der Waals surface area contributed by atoms with Gasteiger partial charge in [0.1, 0.15) is 5.58 Å². The summed E-state index contributed by atoms with van der Waals surface area (Å²) in [5, 5.41) is 7.52. The lowest BCUT2D eigenvalue weighted by Crippen LogP contribution is -2.37. The van der Waals surface area contributed by atoms with Gasteiger partial charge in [0.2, 0.25) is 0 Å². The van der Waals surface area contributed by atoms with Crippen LogP contribution in [-0.2, 0) is 6.42 Å². The Bertz CT molecular complexity index is 783. The SMILES string of the molecule is CC(C)(C)NCCc1coc2c1cc(Cl)c1ccccc12. The third kappa shape index (κ3) is 2.92. The Kier molecular flexibility index (Phi) is 3.68. The average molecular weight is 302 g/mol. The monoisotopic (exact) mass is 301 g/mol. The molecule has 0 amide bonds. The molecular formula is C18H20ClNO. The van der Waals surface area contributed by atoms with Crippen LogP contribution in [0.1, 0.15) is 26.3 Å². The van der Waals surface area contributed by atoms with Crippen LogP contribution in [0.5, 0.6) is 0 Å². The molecule has 0 atom stereocenters. The van der Waals surface area contributed by atoms with Crippen molar-refractivity contribution in [3.63, 3.8) is 0 Å². The zero-order chi connectivity index (χ0) is 15.0. The molecule has 110 valence electrons. The van der Waals surface area contributed by atoms with Gasteiger partial charge in [-0.2, -0.15) is 0 Å². The van der Waals surface area contributed by atoms with Crippen LogP contribution in [0.2, 0.25) is 5.02 Å². The lowest BCUT2D eigenvalue weighted by atomic mass is 10.0. The zero-order valence-electron chi connectivity index (χ0n) is 12.7. The van der Waals surface area contributed by atoms with Gasteiger partial charge in [0.05, 0.1) is 6.26 Å². The van der Waals surface area contributed by atoms with E-state index in [4.69, 9.17) is 16.0 Å². The maximum atomic E-state index is 6.41. The third-order valence-corrected chi connectivity index (χ3v) is 3.97. The predicted molar refractivity (Wildman–Crippen MR) is 90.2 cm³/mol. The second kappa shape index (κ2) is 5.36. The van der Waals surface area contributed by atoms with Gasteiger partial charge in [-0.3, -0.25) is 0 Å². The Labute approximate surface area is 130 Å². The van der Waals surface area contributed by atoms with Gasteiger partial charge >= 0.3 is 0 Å². The van der Waals surface area contributed by atoms with Crippen molar-refractivity contribution in [3.05, 3.63) is 47.2 Å². The second-order valence-electron chi connectivity index (χ2n) is 6.47. The van der Waals surface area contributed by atoms with E-state index in [0.717, 1.165) is 39.7 Å². The molecule has 0 saturated heterocycles. The normalized spacial score (nSPS) is 12.4. The summed E-state index contributed by atoms with van der Waals surface area (Å²) in [6, 6.07) is 10.1. The molecule has 2 aromatic carbocycles. The molecule has 3 rings (SSSR count). The highest BCUT2D eigenvalue weighted by molar-refractivity contribution is 6.37. The topological polar surface area (TPSA) is 25.2 Å². The predicted octanol–water partition coefficient (Wildman–Crippen LogP) is 5.17. The Morgan fingerprint density at radius 2 is 1.81 bits per heavy atom. The van der Waals surface area contributed by atoms with E-state index in [-0.39, 0.29) is 5.54 Å². The van der Waals surface area contributed by atoms with Gasteiger partial charge in [-0.15, -0.1) is 0 Å². The van der Waals surface area contributed by atoms with E-state index in [2.05, 4.69) is 32.2 Å². The maximum Gasteiger partial charge on any atom is 0.142 e. The van der Waals surface area contributed by atoms with Crippen molar-refractivity contribution < 1.29 is 4.42 Å². The highest BCUT2D eigenvalue weighted by Gasteiger charge is 2.13. The van der Waals surface area contributed by atoms with E-state index in [0.29, 0.717) is 0 Å². The molecule has 0 radical (unpaired) electrons. The van der Waals surface area contributed by atoms with Crippen LogP contribution in [0, 0.1) is 0 Å². The number of fused-ring (bicyclic) bond motifs is 3. The highest BCUT2D eigenvalue weighted by atomic mass is 35.5. The first-order chi connectivity index (χ1) is 9.96. The molecule has 0 unspecified atom stereocenters. The lowest BCUT2D eigenvalue weighted by Gasteiger charge is -2.20. The van der Waals surface area contributed by atoms with Crippen molar-refractivity contribution in [1.29, 1.82) is 0 Å².